The number of anilines is 1. The molecule has 1 saturated heterocycles. The molecule has 0 spiro atoms. The molecule has 3 atom stereocenters. The molecule has 2 aromatic carbocycles. The Hall–Kier alpha value is -1.84. The van der Waals surface area contributed by atoms with Gasteiger partial charge in [0.05, 0.1) is 23.8 Å². The molecule has 1 aromatic heterocycles. The number of carbonyl (C=O) groups is 1. The van der Waals surface area contributed by atoms with Crippen molar-refractivity contribution in [3.63, 3.8) is 0 Å². The van der Waals surface area contributed by atoms with E-state index in [1.54, 1.807) is 36.2 Å². The third kappa shape index (κ3) is 7.33. The number of nitrogens with zero attached hydrogens (tertiary/aromatic N) is 1. The van der Waals surface area contributed by atoms with E-state index in [2.05, 4.69) is 10.3 Å². The highest BCUT2D eigenvalue weighted by molar-refractivity contribution is 7.99. The van der Waals surface area contributed by atoms with Crippen molar-refractivity contribution < 1.29 is 19.4 Å². The Morgan fingerprint density at radius 1 is 1.06 bits per heavy atom. The van der Waals surface area contributed by atoms with Crippen molar-refractivity contribution in [1.29, 1.82) is 0 Å². The zero-order chi connectivity index (χ0) is 24.8. The summed E-state index contributed by atoms with van der Waals surface area (Å²) in [6, 6.07) is 20.5. The Morgan fingerprint density at radius 3 is 2.54 bits per heavy atom. The van der Waals surface area contributed by atoms with Gasteiger partial charge in [0.25, 0.3) is 9.70 Å². The zero-order valence-corrected chi connectivity index (χ0v) is 21.5. The first-order chi connectivity index (χ1) is 16.8. The van der Waals surface area contributed by atoms with Crippen LogP contribution in [-0.2, 0) is 20.9 Å². The molecular formula is C25H23Cl3N2O4S. The number of alkyl halides is 3. The van der Waals surface area contributed by atoms with Crippen LogP contribution < -0.4 is 5.32 Å². The second-order valence-corrected chi connectivity index (χ2v) is 11.2. The second kappa shape index (κ2) is 11.9. The lowest BCUT2D eigenvalue weighted by Gasteiger charge is -2.36. The highest BCUT2D eigenvalue weighted by atomic mass is 35.6. The first-order valence-corrected chi connectivity index (χ1v) is 13.0. The monoisotopic (exact) mass is 552 g/mol. The molecule has 3 aromatic rings. The number of aliphatic hydroxyl groups is 1. The molecule has 35 heavy (non-hydrogen) atoms. The van der Waals surface area contributed by atoms with Crippen molar-refractivity contribution in [2.24, 2.45) is 0 Å². The molecule has 0 unspecified atom stereocenters. The number of aliphatic hydroxyl groups excluding tert-OH is 1. The number of thioether (sulfide) groups is 1. The van der Waals surface area contributed by atoms with Crippen molar-refractivity contribution in [3.8, 4) is 0 Å². The van der Waals surface area contributed by atoms with Gasteiger partial charge in [-0.05, 0) is 35.4 Å². The van der Waals surface area contributed by atoms with Gasteiger partial charge in [-0.25, -0.2) is 4.98 Å². The van der Waals surface area contributed by atoms with Crippen LogP contribution in [-0.4, -0.2) is 31.6 Å². The maximum atomic E-state index is 12.1. The molecule has 0 radical (unpaired) electrons. The fourth-order valence-electron chi connectivity index (χ4n) is 3.60. The van der Waals surface area contributed by atoms with Crippen molar-refractivity contribution in [2.45, 2.75) is 40.3 Å². The number of aromatic nitrogens is 1. The first kappa shape index (κ1) is 26.2. The van der Waals surface area contributed by atoms with Gasteiger partial charge in [-0.1, -0.05) is 77.3 Å². The summed E-state index contributed by atoms with van der Waals surface area (Å²) in [6.45, 7) is -0.0203. The number of hydrogen-bond donors (Lipinski definition) is 2. The number of amides is 1. The van der Waals surface area contributed by atoms with Crippen molar-refractivity contribution in [3.05, 3.63) is 89.6 Å². The van der Waals surface area contributed by atoms with Crippen LogP contribution in [0.2, 0.25) is 0 Å². The molecular weight excluding hydrogens is 531 g/mol. The predicted molar refractivity (Wildman–Crippen MR) is 139 cm³/mol. The molecule has 1 aliphatic heterocycles. The molecule has 0 aliphatic carbocycles. The third-order valence-corrected chi connectivity index (χ3v) is 6.93. The molecule has 0 bridgehead atoms. The van der Waals surface area contributed by atoms with Crippen molar-refractivity contribution in [1.82, 2.24) is 4.98 Å². The van der Waals surface area contributed by atoms with E-state index in [9.17, 15) is 9.90 Å². The maximum Gasteiger partial charge on any atom is 0.276 e. The highest BCUT2D eigenvalue weighted by Gasteiger charge is 2.33. The minimum Gasteiger partial charge on any atom is -0.392 e. The van der Waals surface area contributed by atoms with Crippen LogP contribution in [0.1, 0.15) is 35.5 Å². The van der Waals surface area contributed by atoms with E-state index in [1.165, 1.54) is 0 Å². The molecule has 2 N–H and O–H groups in total. The Labute approximate surface area is 222 Å². The van der Waals surface area contributed by atoms with E-state index in [0.29, 0.717) is 17.9 Å². The molecule has 0 saturated carbocycles. The Morgan fingerprint density at radius 2 is 1.86 bits per heavy atom. The third-order valence-electron chi connectivity index (χ3n) is 5.34. The Kier molecular flexibility index (Phi) is 8.94. The number of ether oxygens (including phenoxy) is 2. The minimum absolute atomic E-state index is 0.0203. The number of pyridine rings is 1. The van der Waals surface area contributed by atoms with Crippen LogP contribution in [0.4, 0.5) is 5.69 Å². The van der Waals surface area contributed by atoms with Crippen LogP contribution >= 0.6 is 46.6 Å². The van der Waals surface area contributed by atoms with Gasteiger partial charge in [0.2, 0.25) is 0 Å². The fraction of sp³-hybridized carbons (Fsp3) is 0.280. The second-order valence-electron chi connectivity index (χ2n) is 7.91. The predicted octanol–water partition coefficient (Wildman–Crippen LogP) is 6.22. The molecule has 6 nitrogen and oxygen atoms in total. The van der Waals surface area contributed by atoms with Gasteiger partial charge >= 0.3 is 0 Å². The van der Waals surface area contributed by atoms with Gasteiger partial charge in [0, 0.05) is 29.6 Å². The van der Waals surface area contributed by atoms with E-state index in [1.807, 2.05) is 48.5 Å². The topological polar surface area (TPSA) is 80.7 Å². The van der Waals surface area contributed by atoms with Crippen molar-refractivity contribution >= 4 is 58.2 Å². The van der Waals surface area contributed by atoms with E-state index < -0.39 is 16.0 Å². The smallest absolute Gasteiger partial charge is 0.276 e. The number of hydrogen-bond acceptors (Lipinski definition) is 6. The number of rotatable bonds is 7. The van der Waals surface area contributed by atoms with Gasteiger partial charge in [-0.15, -0.1) is 11.8 Å². The SMILES string of the molecule is O=C(Nc1cccc([C@H]2O[C@@H](CSc3ccccn3)C[C@@H](c3ccc(CO)cc3)O2)c1)C(Cl)(Cl)Cl. The summed E-state index contributed by atoms with van der Waals surface area (Å²) < 4.78 is 10.6. The highest BCUT2D eigenvalue weighted by Crippen LogP contribution is 2.40. The van der Waals surface area contributed by atoms with Crippen LogP contribution in [0.15, 0.2) is 78.0 Å². The summed E-state index contributed by atoms with van der Waals surface area (Å²) >= 11 is 18.7. The molecule has 1 amide bonds. The molecule has 184 valence electrons. The van der Waals surface area contributed by atoms with Gasteiger partial charge in [0.1, 0.15) is 0 Å². The summed E-state index contributed by atoms with van der Waals surface area (Å²) in [5.41, 5.74) is 3.00. The van der Waals surface area contributed by atoms with Crippen LogP contribution in [0.25, 0.3) is 0 Å². The molecule has 4 rings (SSSR count). The zero-order valence-electron chi connectivity index (χ0n) is 18.4. The molecule has 10 heteroatoms. The van der Waals surface area contributed by atoms with E-state index in [-0.39, 0.29) is 18.8 Å². The number of halogens is 3. The number of nitrogens with one attached hydrogen (secondary N) is 1. The van der Waals surface area contributed by atoms with Gasteiger partial charge in [-0.3, -0.25) is 4.79 Å². The Balaban J connectivity index is 1.54. The summed E-state index contributed by atoms with van der Waals surface area (Å²) in [5.74, 6) is -0.0668. The van der Waals surface area contributed by atoms with Crippen LogP contribution in [0.5, 0.6) is 0 Å². The summed E-state index contributed by atoms with van der Waals surface area (Å²) in [7, 11) is 0. The average Bonchev–Trinajstić information content (AvgIpc) is 2.87. The lowest BCUT2D eigenvalue weighted by atomic mass is 10.0. The van der Waals surface area contributed by atoms with E-state index >= 15 is 0 Å². The largest absolute Gasteiger partial charge is 0.392 e. The lowest BCUT2D eigenvalue weighted by Crippen LogP contribution is -2.31. The van der Waals surface area contributed by atoms with E-state index in [0.717, 1.165) is 21.7 Å². The first-order valence-electron chi connectivity index (χ1n) is 10.8. The number of carbonyl (C=O) groups excluding carboxylic acids is 1. The van der Waals surface area contributed by atoms with E-state index in [4.69, 9.17) is 44.3 Å². The van der Waals surface area contributed by atoms with Crippen molar-refractivity contribution in [2.75, 3.05) is 11.1 Å². The molecule has 1 aliphatic rings. The summed E-state index contributed by atoms with van der Waals surface area (Å²) in [6.07, 6.45) is 1.39. The molecule has 2 heterocycles. The quantitative estimate of drug-likeness (QED) is 0.267. The van der Waals surface area contributed by atoms with Crippen LogP contribution in [0, 0.1) is 0 Å². The Bertz CT molecular complexity index is 1130. The average molecular weight is 554 g/mol. The van der Waals surface area contributed by atoms with Gasteiger partial charge in [0.15, 0.2) is 6.29 Å². The van der Waals surface area contributed by atoms with Crippen LogP contribution in [0.3, 0.4) is 0 Å². The standard InChI is InChI=1S/C25H23Cl3N2O4S/c26-25(27,28)24(32)30-19-5-3-4-18(12-19)23-33-20(15-35-22-6-1-2-11-29-22)13-21(34-23)17-9-7-16(14-31)8-10-17/h1-12,20-21,23,31H,13-15H2,(H,30,32)/t20-,21+,23+/m1/s1. The minimum atomic E-state index is -2.08. The maximum absolute atomic E-state index is 12.1. The summed E-state index contributed by atoms with van der Waals surface area (Å²) in [5, 5.41) is 12.9. The lowest BCUT2D eigenvalue weighted by molar-refractivity contribution is -0.245. The fourth-order valence-corrected chi connectivity index (χ4v) is 4.62. The molecule has 1 fully saturated rings. The number of benzene rings is 2. The van der Waals surface area contributed by atoms with Gasteiger partial charge in [-0.2, -0.15) is 0 Å². The summed E-state index contributed by atoms with van der Waals surface area (Å²) in [4.78, 5) is 16.5. The van der Waals surface area contributed by atoms with Gasteiger partial charge < -0.3 is 19.9 Å². The normalized spacial score (nSPS) is 20.4.